The molecule has 0 saturated carbocycles. The number of benzene rings is 1. The maximum atomic E-state index is 12.8. The number of nitrogens with zero attached hydrogens (tertiary/aromatic N) is 2. The van der Waals surface area contributed by atoms with Gasteiger partial charge >= 0.3 is 0 Å². The van der Waals surface area contributed by atoms with E-state index in [0.717, 1.165) is 23.7 Å². The van der Waals surface area contributed by atoms with E-state index in [1.807, 2.05) is 23.1 Å². The van der Waals surface area contributed by atoms with E-state index in [0.29, 0.717) is 30.3 Å². The second-order valence-electron chi connectivity index (χ2n) is 6.44. The Morgan fingerprint density at radius 2 is 2.04 bits per heavy atom. The van der Waals surface area contributed by atoms with Crippen LogP contribution in [0.2, 0.25) is 0 Å². The van der Waals surface area contributed by atoms with Crippen molar-refractivity contribution in [2.24, 2.45) is 0 Å². The molecule has 0 spiro atoms. The highest BCUT2D eigenvalue weighted by Gasteiger charge is 2.26. The molecule has 0 radical (unpaired) electrons. The van der Waals surface area contributed by atoms with Crippen molar-refractivity contribution in [1.29, 1.82) is 0 Å². The highest BCUT2D eigenvalue weighted by molar-refractivity contribution is 5.98. The average molecular weight is 353 g/mol. The molecule has 3 heterocycles. The maximum absolute atomic E-state index is 12.8. The minimum atomic E-state index is -0.222. The molecule has 1 aromatic carbocycles. The Balaban J connectivity index is 1.48. The van der Waals surface area contributed by atoms with Crippen molar-refractivity contribution >= 4 is 16.8 Å². The minimum Gasteiger partial charge on any atom is -0.481 e. The van der Waals surface area contributed by atoms with E-state index < -0.39 is 0 Å². The number of nitrogens with one attached hydrogen (secondary N) is 1. The van der Waals surface area contributed by atoms with Gasteiger partial charge < -0.3 is 14.2 Å². The molecule has 0 atom stereocenters. The van der Waals surface area contributed by atoms with E-state index in [-0.39, 0.29) is 17.4 Å². The summed E-state index contributed by atoms with van der Waals surface area (Å²) < 4.78 is 10.3. The first-order chi connectivity index (χ1) is 12.6. The van der Waals surface area contributed by atoms with Gasteiger partial charge in [0.25, 0.3) is 11.5 Å². The van der Waals surface area contributed by atoms with E-state index in [9.17, 15) is 9.59 Å². The monoisotopic (exact) mass is 353 g/mol. The number of aromatic nitrogens is 2. The highest BCUT2D eigenvalue weighted by atomic mass is 16.5. The van der Waals surface area contributed by atoms with Crippen LogP contribution in [0.3, 0.4) is 0 Å². The molecule has 1 fully saturated rings. The Bertz CT molecular complexity index is 999. The third-order valence-electron chi connectivity index (χ3n) is 4.85. The predicted octanol–water partition coefficient (Wildman–Crippen LogP) is 2.54. The summed E-state index contributed by atoms with van der Waals surface area (Å²) >= 11 is 0. The van der Waals surface area contributed by atoms with Crippen LogP contribution >= 0.6 is 0 Å². The predicted molar refractivity (Wildman–Crippen MR) is 95.5 cm³/mol. The third-order valence-corrected chi connectivity index (χ3v) is 4.85. The SMILES string of the molecule is COc1ccc2cc(C(=O)N3CCC(c4cc(=O)[nH]o4)CC3)ccc2n1. The van der Waals surface area contributed by atoms with Crippen LogP contribution in [0.5, 0.6) is 5.88 Å². The Morgan fingerprint density at radius 1 is 1.23 bits per heavy atom. The van der Waals surface area contributed by atoms with Gasteiger partial charge in [0, 0.05) is 42.1 Å². The zero-order chi connectivity index (χ0) is 18.1. The Morgan fingerprint density at radius 3 is 2.73 bits per heavy atom. The summed E-state index contributed by atoms with van der Waals surface area (Å²) in [5, 5.41) is 3.23. The van der Waals surface area contributed by atoms with Gasteiger partial charge in [-0.15, -0.1) is 0 Å². The maximum Gasteiger partial charge on any atom is 0.280 e. The summed E-state index contributed by atoms with van der Waals surface area (Å²) in [6.07, 6.45) is 1.55. The van der Waals surface area contributed by atoms with Gasteiger partial charge in [-0.25, -0.2) is 4.98 Å². The fourth-order valence-corrected chi connectivity index (χ4v) is 3.40. The molecule has 1 aliphatic heterocycles. The fourth-order valence-electron chi connectivity index (χ4n) is 3.40. The lowest BCUT2D eigenvalue weighted by atomic mass is 9.94. The van der Waals surface area contributed by atoms with Crippen LogP contribution in [-0.4, -0.2) is 41.1 Å². The molecule has 7 nitrogen and oxygen atoms in total. The molecule has 134 valence electrons. The molecule has 1 aliphatic rings. The van der Waals surface area contributed by atoms with Crippen LogP contribution in [0.4, 0.5) is 0 Å². The van der Waals surface area contributed by atoms with Gasteiger partial charge in [-0.05, 0) is 37.1 Å². The molecule has 2 aromatic heterocycles. The number of carbonyl (C=O) groups excluding carboxylic acids is 1. The number of ether oxygens (including phenoxy) is 1. The first-order valence-corrected chi connectivity index (χ1v) is 8.56. The molecule has 4 rings (SSSR count). The van der Waals surface area contributed by atoms with Crippen LogP contribution < -0.4 is 10.3 Å². The van der Waals surface area contributed by atoms with Gasteiger partial charge in [0.1, 0.15) is 5.76 Å². The summed E-state index contributed by atoms with van der Waals surface area (Å²) in [5.74, 6) is 1.41. The van der Waals surface area contributed by atoms with Gasteiger partial charge in [-0.1, -0.05) is 0 Å². The van der Waals surface area contributed by atoms with Gasteiger partial charge in [0.15, 0.2) is 0 Å². The van der Waals surface area contributed by atoms with Gasteiger partial charge in [0.2, 0.25) is 5.88 Å². The zero-order valence-corrected chi connectivity index (χ0v) is 14.4. The highest BCUT2D eigenvalue weighted by Crippen LogP contribution is 2.28. The molecule has 7 heteroatoms. The van der Waals surface area contributed by atoms with Crippen molar-refractivity contribution < 1.29 is 14.1 Å². The van der Waals surface area contributed by atoms with Crippen molar-refractivity contribution in [3.05, 3.63) is 58.1 Å². The molecule has 0 bridgehead atoms. The first kappa shape index (κ1) is 16.4. The number of hydrogen-bond acceptors (Lipinski definition) is 5. The molecule has 1 N–H and O–H groups in total. The lowest BCUT2D eigenvalue weighted by Crippen LogP contribution is -2.37. The number of hydrogen-bond donors (Lipinski definition) is 1. The van der Waals surface area contributed by atoms with Crippen molar-refractivity contribution in [3.8, 4) is 5.88 Å². The van der Waals surface area contributed by atoms with Crippen LogP contribution in [-0.2, 0) is 0 Å². The number of pyridine rings is 1. The largest absolute Gasteiger partial charge is 0.481 e. The van der Waals surface area contributed by atoms with Gasteiger partial charge in [-0.3, -0.25) is 9.59 Å². The first-order valence-electron chi connectivity index (χ1n) is 8.56. The minimum absolute atomic E-state index is 0.0108. The van der Waals surface area contributed by atoms with Crippen molar-refractivity contribution in [3.63, 3.8) is 0 Å². The Kier molecular flexibility index (Phi) is 4.20. The molecule has 1 amide bonds. The average Bonchev–Trinajstić information content (AvgIpc) is 3.13. The number of rotatable bonds is 3. The second kappa shape index (κ2) is 6.67. The van der Waals surface area contributed by atoms with E-state index in [1.54, 1.807) is 19.2 Å². The van der Waals surface area contributed by atoms with Crippen molar-refractivity contribution in [2.75, 3.05) is 20.2 Å². The number of amides is 1. The van der Waals surface area contributed by atoms with Crippen LogP contribution in [0, 0.1) is 0 Å². The number of piperidine rings is 1. The summed E-state index contributed by atoms with van der Waals surface area (Å²) in [6, 6.07) is 10.7. The van der Waals surface area contributed by atoms with Crippen molar-refractivity contribution in [1.82, 2.24) is 15.0 Å². The standard InChI is InChI=1S/C19H19N3O4/c1-25-18-5-3-13-10-14(2-4-15(13)20-18)19(24)22-8-6-12(7-9-22)16-11-17(23)21-26-16/h2-5,10-12H,6-9H2,1H3,(H,21,23). The van der Waals surface area contributed by atoms with E-state index >= 15 is 0 Å². The lowest BCUT2D eigenvalue weighted by molar-refractivity contribution is 0.0706. The smallest absolute Gasteiger partial charge is 0.280 e. The molecule has 0 unspecified atom stereocenters. The number of carbonyl (C=O) groups is 1. The Hall–Kier alpha value is -3.09. The summed E-state index contributed by atoms with van der Waals surface area (Å²) in [4.78, 5) is 30.2. The Labute approximate surface area is 149 Å². The number of aromatic amines is 1. The summed E-state index contributed by atoms with van der Waals surface area (Å²) in [5.41, 5.74) is 1.22. The second-order valence-corrected chi connectivity index (χ2v) is 6.44. The van der Waals surface area contributed by atoms with E-state index in [1.165, 1.54) is 6.07 Å². The van der Waals surface area contributed by atoms with Gasteiger partial charge in [-0.2, -0.15) is 5.16 Å². The normalized spacial score (nSPS) is 15.3. The molecule has 3 aromatic rings. The zero-order valence-electron chi connectivity index (χ0n) is 14.4. The van der Waals surface area contributed by atoms with Gasteiger partial charge in [0.05, 0.1) is 12.6 Å². The summed E-state index contributed by atoms with van der Waals surface area (Å²) in [7, 11) is 1.58. The fraction of sp³-hybridized carbons (Fsp3) is 0.316. The molecular formula is C19H19N3O4. The van der Waals surface area contributed by atoms with E-state index in [2.05, 4.69) is 10.1 Å². The topological polar surface area (TPSA) is 88.4 Å². The number of H-pyrrole nitrogens is 1. The molecule has 26 heavy (non-hydrogen) atoms. The van der Waals surface area contributed by atoms with Crippen molar-refractivity contribution in [2.45, 2.75) is 18.8 Å². The van der Waals surface area contributed by atoms with E-state index in [4.69, 9.17) is 9.26 Å². The van der Waals surface area contributed by atoms with Crippen LogP contribution in [0.25, 0.3) is 10.9 Å². The number of likely N-dealkylation sites (tertiary alicyclic amines) is 1. The molecule has 1 saturated heterocycles. The lowest BCUT2D eigenvalue weighted by Gasteiger charge is -2.31. The van der Waals surface area contributed by atoms with Crippen LogP contribution in [0.1, 0.15) is 34.9 Å². The molecular weight excluding hydrogens is 334 g/mol. The van der Waals surface area contributed by atoms with Crippen LogP contribution in [0.15, 0.2) is 45.7 Å². The molecule has 0 aliphatic carbocycles. The number of fused-ring (bicyclic) bond motifs is 1. The third kappa shape index (κ3) is 3.08. The summed E-state index contributed by atoms with van der Waals surface area (Å²) in [6.45, 7) is 1.27. The number of methoxy groups -OCH3 is 1. The quantitative estimate of drug-likeness (QED) is 0.782.